The first-order valence-electron chi connectivity index (χ1n) is 11.3. The molecule has 2 fully saturated rings. The van der Waals surface area contributed by atoms with Gasteiger partial charge in [-0.1, -0.05) is 49.2 Å². The second kappa shape index (κ2) is 10.4. The van der Waals surface area contributed by atoms with Crippen LogP contribution in [0.2, 0.25) is 0 Å². The van der Waals surface area contributed by atoms with Gasteiger partial charge < -0.3 is 15.0 Å². The Bertz CT molecular complexity index is 845. The zero-order valence-electron chi connectivity index (χ0n) is 17.9. The van der Waals surface area contributed by atoms with Crippen LogP contribution in [0.3, 0.4) is 0 Å². The van der Waals surface area contributed by atoms with Gasteiger partial charge in [0, 0.05) is 31.9 Å². The van der Waals surface area contributed by atoms with Gasteiger partial charge in [-0.05, 0) is 43.0 Å². The van der Waals surface area contributed by atoms with Gasteiger partial charge in [-0.25, -0.2) is 0 Å². The van der Waals surface area contributed by atoms with Gasteiger partial charge in [-0.15, -0.1) is 0 Å². The monoisotopic (exact) mass is 421 g/mol. The molecule has 2 aliphatic rings. The maximum absolute atomic E-state index is 13.2. The van der Waals surface area contributed by atoms with Gasteiger partial charge in [0.2, 0.25) is 5.91 Å². The first kappa shape index (κ1) is 21.4. The number of hydrogen-bond donors (Lipinski definition) is 1. The molecule has 4 rings (SSSR count). The van der Waals surface area contributed by atoms with Crippen molar-refractivity contribution in [1.29, 1.82) is 0 Å². The average Bonchev–Trinajstić information content (AvgIpc) is 3.34. The molecule has 6 heteroatoms. The molecule has 0 unspecified atom stereocenters. The molecule has 1 aliphatic heterocycles. The molecule has 31 heavy (non-hydrogen) atoms. The molecule has 0 radical (unpaired) electrons. The minimum atomic E-state index is -0.138. The zero-order chi connectivity index (χ0) is 21.5. The number of nitrogens with one attached hydrogen (secondary N) is 1. The van der Waals surface area contributed by atoms with E-state index in [-0.39, 0.29) is 24.5 Å². The molecule has 1 saturated carbocycles. The maximum atomic E-state index is 13.2. The van der Waals surface area contributed by atoms with Gasteiger partial charge in [0.1, 0.15) is 5.75 Å². The number of benzene rings is 2. The van der Waals surface area contributed by atoms with Crippen LogP contribution in [-0.2, 0) is 9.59 Å². The summed E-state index contributed by atoms with van der Waals surface area (Å²) in [6.45, 7) is 2.71. The number of piperazine rings is 1. The highest BCUT2D eigenvalue weighted by molar-refractivity contribution is 5.95. The van der Waals surface area contributed by atoms with Crippen molar-refractivity contribution in [3.63, 3.8) is 0 Å². The molecule has 2 amide bonds. The van der Waals surface area contributed by atoms with Gasteiger partial charge in [0.25, 0.3) is 5.91 Å². The Morgan fingerprint density at radius 3 is 2.16 bits per heavy atom. The molecular formula is C25H31N3O3. The second-order valence-electron chi connectivity index (χ2n) is 8.36. The Hall–Kier alpha value is -2.86. The first-order chi connectivity index (χ1) is 15.2. The van der Waals surface area contributed by atoms with Crippen molar-refractivity contribution in [3.05, 3.63) is 60.7 Å². The van der Waals surface area contributed by atoms with E-state index in [4.69, 9.17) is 4.74 Å². The van der Waals surface area contributed by atoms with Crippen LogP contribution in [0.25, 0.3) is 0 Å². The normalized spacial score (nSPS) is 18.5. The van der Waals surface area contributed by atoms with Gasteiger partial charge in [0.05, 0.1) is 6.04 Å². The molecule has 164 valence electrons. The van der Waals surface area contributed by atoms with Gasteiger partial charge in [-0.3, -0.25) is 14.5 Å². The number of para-hydroxylation sites is 2. The number of carbonyl (C=O) groups is 2. The topological polar surface area (TPSA) is 61.9 Å². The van der Waals surface area contributed by atoms with Crippen LogP contribution in [0.15, 0.2) is 60.7 Å². The highest BCUT2D eigenvalue weighted by Gasteiger charge is 2.37. The Kier molecular flexibility index (Phi) is 7.20. The highest BCUT2D eigenvalue weighted by Crippen LogP contribution is 2.31. The van der Waals surface area contributed by atoms with Crippen LogP contribution < -0.4 is 10.1 Å². The number of ether oxygens (including phenoxy) is 1. The number of rotatable bonds is 7. The smallest absolute Gasteiger partial charge is 0.260 e. The average molecular weight is 422 g/mol. The first-order valence-corrected chi connectivity index (χ1v) is 11.3. The Morgan fingerprint density at radius 2 is 1.52 bits per heavy atom. The Balaban J connectivity index is 1.33. The van der Waals surface area contributed by atoms with E-state index in [0.717, 1.165) is 18.5 Å². The summed E-state index contributed by atoms with van der Waals surface area (Å²) < 4.78 is 5.61. The SMILES string of the molecule is O=C(Nc1ccccc1)[C@H](C1CCCC1)N1CCN(C(=O)COc2ccccc2)CC1. The Labute approximate surface area is 184 Å². The molecule has 2 aromatic rings. The van der Waals surface area contributed by atoms with Gasteiger partial charge in [0.15, 0.2) is 6.61 Å². The summed E-state index contributed by atoms with van der Waals surface area (Å²) in [5.74, 6) is 1.15. The fourth-order valence-corrected chi connectivity index (χ4v) is 4.69. The van der Waals surface area contributed by atoms with Crippen LogP contribution in [0, 0.1) is 5.92 Å². The van der Waals surface area contributed by atoms with E-state index in [1.807, 2.05) is 65.6 Å². The lowest BCUT2D eigenvalue weighted by Gasteiger charge is -2.40. The van der Waals surface area contributed by atoms with Crippen molar-refractivity contribution >= 4 is 17.5 Å². The molecular weight excluding hydrogens is 390 g/mol. The summed E-state index contributed by atoms with van der Waals surface area (Å²) >= 11 is 0. The molecule has 0 bridgehead atoms. The number of anilines is 1. The largest absolute Gasteiger partial charge is 0.484 e. The third-order valence-electron chi connectivity index (χ3n) is 6.32. The number of hydrogen-bond acceptors (Lipinski definition) is 4. The predicted molar refractivity (Wildman–Crippen MR) is 121 cm³/mol. The molecule has 6 nitrogen and oxygen atoms in total. The van der Waals surface area contributed by atoms with Crippen LogP contribution in [0.4, 0.5) is 5.69 Å². The molecule has 1 heterocycles. The van der Waals surface area contributed by atoms with Crippen molar-refractivity contribution in [3.8, 4) is 5.75 Å². The predicted octanol–water partition coefficient (Wildman–Crippen LogP) is 3.41. The van der Waals surface area contributed by atoms with Crippen molar-refractivity contribution in [2.75, 3.05) is 38.1 Å². The number of carbonyl (C=O) groups excluding carboxylic acids is 2. The molecule has 2 aromatic carbocycles. The molecule has 1 aliphatic carbocycles. The van der Waals surface area contributed by atoms with Crippen molar-refractivity contribution < 1.29 is 14.3 Å². The molecule has 0 spiro atoms. The van der Waals surface area contributed by atoms with E-state index < -0.39 is 0 Å². The molecule has 1 N–H and O–H groups in total. The maximum Gasteiger partial charge on any atom is 0.260 e. The summed E-state index contributed by atoms with van der Waals surface area (Å²) in [4.78, 5) is 29.9. The minimum Gasteiger partial charge on any atom is -0.484 e. The standard InChI is InChI=1S/C25H31N3O3/c29-23(19-31-22-13-5-2-6-14-22)27-15-17-28(18-16-27)24(20-9-7-8-10-20)25(30)26-21-11-3-1-4-12-21/h1-6,11-14,20,24H,7-10,15-19H2,(H,26,30)/t24-/m0/s1. The van der Waals surface area contributed by atoms with E-state index in [0.29, 0.717) is 37.8 Å². The van der Waals surface area contributed by atoms with Crippen LogP contribution in [0.1, 0.15) is 25.7 Å². The van der Waals surface area contributed by atoms with E-state index in [1.165, 1.54) is 12.8 Å². The fourth-order valence-electron chi connectivity index (χ4n) is 4.69. The Morgan fingerprint density at radius 1 is 0.903 bits per heavy atom. The van der Waals surface area contributed by atoms with Crippen molar-refractivity contribution in [2.45, 2.75) is 31.7 Å². The summed E-state index contributed by atoms with van der Waals surface area (Å²) in [5, 5.41) is 3.11. The lowest BCUT2D eigenvalue weighted by atomic mass is 9.95. The lowest BCUT2D eigenvalue weighted by molar-refractivity contribution is -0.136. The van der Waals surface area contributed by atoms with Crippen molar-refractivity contribution in [1.82, 2.24) is 9.80 Å². The number of nitrogens with zero attached hydrogens (tertiary/aromatic N) is 2. The van der Waals surface area contributed by atoms with Gasteiger partial charge >= 0.3 is 0 Å². The molecule has 0 aromatic heterocycles. The van der Waals surface area contributed by atoms with E-state index in [2.05, 4.69) is 10.2 Å². The van der Waals surface area contributed by atoms with Gasteiger partial charge in [-0.2, -0.15) is 0 Å². The van der Waals surface area contributed by atoms with E-state index >= 15 is 0 Å². The quantitative estimate of drug-likeness (QED) is 0.744. The zero-order valence-corrected chi connectivity index (χ0v) is 17.9. The minimum absolute atomic E-state index is 0.00495. The second-order valence-corrected chi connectivity index (χ2v) is 8.36. The summed E-state index contributed by atoms with van der Waals surface area (Å²) in [6.07, 6.45) is 4.57. The lowest BCUT2D eigenvalue weighted by Crippen LogP contribution is -2.57. The molecule has 1 saturated heterocycles. The van der Waals surface area contributed by atoms with Crippen molar-refractivity contribution in [2.24, 2.45) is 5.92 Å². The highest BCUT2D eigenvalue weighted by atomic mass is 16.5. The fraction of sp³-hybridized carbons (Fsp3) is 0.440. The van der Waals surface area contributed by atoms with Crippen LogP contribution in [0.5, 0.6) is 5.75 Å². The summed E-state index contributed by atoms with van der Waals surface area (Å²) in [5.41, 5.74) is 0.836. The van der Waals surface area contributed by atoms with E-state index in [9.17, 15) is 9.59 Å². The third kappa shape index (κ3) is 5.64. The third-order valence-corrected chi connectivity index (χ3v) is 6.32. The van der Waals surface area contributed by atoms with Crippen LogP contribution in [-0.4, -0.2) is 60.4 Å². The van der Waals surface area contributed by atoms with E-state index in [1.54, 1.807) is 0 Å². The number of amides is 2. The summed E-state index contributed by atoms with van der Waals surface area (Å²) in [6, 6.07) is 18.9. The van der Waals surface area contributed by atoms with Crippen LogP contribution >= 0.6 is 0 Å². The molecule has 1 atom stereocenters. The summed E-state index contributed by atoms with van der Waals surface area (Å²) in [7, 11) is 0.